The molecule has 1 saturated heterocycles. The predicted molar refractivity (Wildman–Crippen MR) is 78.4 cm³/mol. The molecule has 1 unspecified atom stereocenters. The largest absolute Gasteiger partial charge is 0.409 e. The molecule has 3 rings (SSSR count). The molecule has 108 valence electrons. The van der Waals surface area contributed by atoms with E-state index < -0.39 is 0 Å². The summed E-state index contributed by atoms with van der Waals surface area (Å²) < 4.78 is 0. The first-order valence-electron chi connectivity index (χ1n) is 7.10. The molecule has 6 heteroatoms. The molecule has 1 aliphatic carbocycles. The summed E-state index contributed by atoms with van der Waals surface area (Å²) in [6.45, 7) is 0.683. The second-order valence-corrected chi connectivity index (χ2v) is 6.58. The number of fused-ring (bicyclic) bond motifs is 1. The molecule has 1 fully saturated rings. The van der Waals surface area contributed by atoms with Crippen molar-refractivity contribution in [2.45, 2.75) is 44.6 Å². The Kier molecular flexibility index (Phi) is 3.65. The van der Waals surface area contributed by atoms with Crippen molar-refractivity contribution in [1.29, 1.82) is 0 Å². The smallest absolute Gasteiger partial charge is 0.264 e. The summed E-state index contributed by atoms with van der Waals surface area (Å²) in [6.07, 6.45) is 6.29. The van der Waals surface area contributed by atoms with Crippen LogP contribution in [0.5, 0.6) is 0 Å². The van der Waals surface area contributed by atoms with Crippen LogP contribution in [0.4, 0.5) is 0 Å². The molecule has 0 aromatic carbocycles. The van der Waals surface area contributed by atoms with Crippen LogP contribution in [0.3, 0.4) is 0 Å². The average molecular weight is 293 g/mol. The maximum absolute atomic E-state index is 12.6. The van der Waals surface area contributed by atoms with Crippen molar-refractivity contribution >= 4 is 23.1 Å². The molecule has 1 aliphatic heterocycles. The third-order valence-corrected chi connectivity index (χ3v) is 5.40. The van der Waals surface area contributed by atoms with Crippen molar-refractivity contribution in [1.82, 2.24) is 4.90 Å². The fraction of sp³-hybridized carbons (Fsp3) is 0.571. The van der Waals surface area contributed by atoms with Crippen LogP contribution in [-0.2, 0) is 12.8 Å². The molecule has 0 bridgehead atoms. The molecule has 1 amide bonds. The summed E-state index contributed by atoms with van der Waals surface area (Å²) in [6, 6.07) is 1.79. The molecule has 0 spiro atoms. The maximum atomic E-state index is 12.6. The monoisotopic (exact) mass is 293 g/mol. The third kappa shape index (κ3) is 2.28. The quantitative estimate of drug-likeness (QED) is 0.379. The number of likely N-dealkylation sites (tertiary alicyclic amines) is 1. The van der Waals surface area contributed by atoms with Gasteiger partial charge in [0.15, 0.2) is 5.84 Å². The molecule has 2 heterocycles. The molecule has 0 saturated carbocycles. The number of thiophene rings is 1. The number of carbonyl (C=O) groups is 1. The standard InChI is InChI=1S/C14H19N3O2S/c15-13(16-19)10-5-3-7-17(10)14(18)12-8-9-4-1-2-6-11(9)20-12/h8,10,19H,1-7H2,(H2,15,16). The molecule has 5 nitrogen and oxygen atoms in total. The highest BCUT2D eigenvalue weighted by molar-refractivity contribution is 7.14. The van der Waals surface area contributed by atoms with Crippen LogP contribution in [0.15, 0.2) is 11.2 Å². The lowest BCUT2D eigenvalue weighted by Gasteiger charge is -2.22. The van der Waals surface area contributed by atoms with Crippen molar-refractivity contribution < 1.29 is 10.0 Å². The van der Waals surface area contributed by atoms with Crippen LogP contribution in [0.1, 0.15) is 45.8 Å². The van der Waals surface area contributed by atoms with Crippen molar-refractivity contribution in [2.75, 3.05) is 6.54 Å². The van der Waals surface area contributed by atoms with E-state index in [1.54, 1.807) is 16.2 Å². The molecular weight excluding hydrogens is 274 g/mol. The van der Waals surface area contributed by atoms with Gasteiger partial charge in [0.25, 0.3) is 5.91 Å². The number of hydrogen-bond donors (Lipinski definition) is 2. The number of rotatable bonds is 2. The van der Waals surface area contributed by atoms with Gasteiger partial charge in [-0.3, -0.25) is 4.79 Å². The minimum Gasteiger partial charge on any atom is -0.409 e. The Morgan fingerprint density at radius 3 is 2.95 bits per heavy atom. The highest BCUT2D eigenvalue weighted by Crippen LogP contribution is 2.31. The number of amidine groups is 1. The Bertz CT molecular complexity index is 529. The number of oxime groups is 1. The Labute approximate surface area is 122 Å². The molecule has 1 atom stereocenters. The Morgan fingerprint density at radius 1 is 1.40 bits per heavy atom. The Hall–Kier alpha value is -1.56. The van der Waals surface area contributed by atoms with Gasteiger partial charge in [0, 0.05) is 11.4 Å². The predicted octanol–water partition coefficient (Wildman–Crippen LogP) is 1.98. The van der Waals surface area contributed by atoms with Gasteiger partial charge in [-0.05, 0) is 50.2 Å². The average Bonchev–Trinajstić information content (AvgIpc) is 3.11. The van der Waals surface area contributed by atoms with Gasteiger partial charge >= 0.3 is 0 Å². The SMILES string of the molecule is NC(=NO)C1CCCN1C(=O)c1cc2c(s1)CCCC2. The second kappa shape index (κ2) is 5.44. The Morgan fingerprint density at radius 2 is 2.20 bits per heavy atom. The molecule has 1 aromatic rings. The van der Waals surface area contributed by atoms with Crippen molar-refractivity contribution in [3.63, 3.8) is 0 Å². The van der Waals surface area contributed by atoms with Gasteiger partial charge in [0.1, 0.15) is 0 Å². The topological polar surface area (TPSA) is 78.9 Å². The first-order valence-corrected chi connectivity index (χ1v) is 7.92. The van der Waals surface area contributed by atoms with E-state index in [1.165, 1.54) is 23.3 Å². The molecule has 3 N–H and O–H groups in total. The minimum absolute atomic E-state index is 0.0264. The zero-order valence-electron chi connectivity index (χ0n) is 11.3. The summed E-state index contributed by atoms with van der Waals surface area (Å²) in [4.78, 5) is 16.5. The summed E-state index contributed by atoms with van der Waals surface area (Å²) in [5.41, 5.74) is 7.03. The number of carbonyl (C=O) groups excluding carboxylic acids is 1. The molecule has 20 heavy (non-hydrogen) atoms. The van der Waals surface area contributed by atoms with Gasteiger partial charge in [-0.2, -0.15) is 0 Å². The van der Waals surface area contributed by atoms with E-state index in [-0.39, 0.29) is 17.8 Å². The minimum atomic E-state index is -0.258. The van der Waals surface area contributed by atoms with E-state index in [0.29, 0.717) is 6.54 Å². The molecular formula is C14H19N3O2S. The molecule has 1 aromatic heterocycles. The van der Waals surface area contributed by atoms with E-state index >= 15 is 0 Å². The summed E-state index contributed by atoms with van der Waals surface area (Å²) in [7, 11) is 0. The van der Waals surface area contributed by atoms with E-state index in [4.69, 9.17) is 10.9 Å². The van der Waals surface area contributed by atoms with E-state index in [2.05, 4.69) is 5.16 Å². The highest BCUT2D eigenvalue weighted by Gasteiger charge is 2.33. The maximum Gasteiger partial charge on any atom is 0.264 e. The van der Waals surface area contributed by atoms with Crippen molar-refractivity contribution in [3.8, 4) is 0 Å². The number of aryl methyl sites for hydroxylation is 2. The lowest BCUT2D eigenvalue weighted by atomic mass is 9.99. The van der Waals surface area contributed by atoms with Crippen LogP contribution in [-0.4, -0.2) is 34.4 Å². The molecule has 2 aliphatic rings. The van der Waals surface area contributed by atoms with E-state index in [1.807, 2.05) is 6.07 Å². The number of amides is 1. The van der Waals surface area contributed by atoms with E-state index in [0.717, 1.165) is 30.6 Å². The van der Waals surface area contributed by atoms with Gasteiger partial charge in [0.05, 0.1) is 10.9 Å². The number of nitrogens with zero attached hydrogens (tertiary/aromatic N) is 2. The fourth-order valence-corrected chi connectivity index (χ4v) is 4.33. The van der Waals surface area contributed by atoms with Gasteiger partial charge in [0.2, 0.25) is 0 Å². The second-order valence-electron chi connectivity index (χ2n) is 5.45. The zero-order chi connectivity index (χ0) is 14.1. The first kappa shape index (κ1) is 13.4. The van der Waals surface area contributed by atoms with Crippen LogP contribution in [0.25, 0.3) is 0 Å². The molecule has 0 radical (unpaired) electrons. The third-order valence-electron chi connectivity index (χ3n) is 4.18. The Balaban J connectivity index is 1.83. The van der Waals surface area contributed by atoms with Gasteiger partial charge in [-0.25, -0.2) is 0 Å². The summed E-state index contributed by atoms with van der Waals surface area (Å²) in [5, 5.41) is 11.9. The summed E-state index contributed by atoms with van der Waals surface area (Å²) >= 11 is 1.62. The van der Waals surface area contributed by atoms with Crippen LogP contribution >= 0.6 is 11.3 Å². The lowest BCUT2D eigenvalue weighted by molar-refractivity contribution is 0.0772. The van der Waals surface area contributed by atoms with Gasteiger partial charge < -0.3 is 15.8 Å². The highest BCUT2D eigenvalue weighted by atomic mass is 32.1. The first-order chi connectivity index (χ1) is 9.70. The van der Waals surface area contributed by atoms with Crippen molar-refractivity contribution in [3.05, 3.63) is 21.4 Å². The van der Waals surface area contributed by atoms with Gasteiger partial charge in [-0.15, -0.1) is 11.3 Å². The number of nitrogens with two attached hydrogens (primary N) is 1. The van der Waals surface area contributed by atoms with Crippen LogP contribution < -0.4 is 5.73 Å². The fourth-order valence-electron chi connectivity index (χ4n) is 3.12. The van der Waals surface area contributed by atoms with Gasteiger partial charge in [-0.1, -0.05) is 5.16 Å². The zero-order valence-corrected chi connectivity index (χ0v) is 12.2. The van der Waals surface area contributed by atoms with Crippen molar-refractivity contribution in [2.24, 2.45) is 10.9 Å². The lowest BCUT2D eigenvalue weighted by Crippen LogP contribution is -2.43. The number of hydrogen-bond acceptors (Lipinski definition) is 4. The van der Waals surface area contributed by atoms with Crippen LogP contribution in [0, 0.1) is 0 Å². The summed E-state index contributed by atoms with van der Waals surface area (Å²) in [5.74, 6) is 0.163. The van der Waals surface area contributed by atoms with E-state index in [9.17, 15) is 4.79 Å². The normalized spacial score (nSPS) is 22.9. The van der Waals surface area contributed by atoms with Crippen LogP contribution in [0.2, 0.25) is 0 Å².